The minimum absolute atomic E-state index is 0.129. The Balaban J connectivity index is 1.16. The molecule has 20 radical (unpaired) electrons. The van der Waals surface area contributed by atoms with E-state index < -0.39 is 0 Å². The zero-order chi connectivity index (χ0) is 50.3. The number of rotatable bonds is 4. The molecule has 9 aromatic rings. The Kier molecular flexibility index (Phi) is 12.7. The number of anilines is 12. The summed E-state index contributed by atoms with van der Waals surface area (Å²) in [7, 11) is 66.3. The first kappa shape index (κ1) is 48.1. The molecule has 0 saturated carbocycles. The van der Waals surface area contributed by atoms with Gasteiger partial charge >= 0.3 is 0 Å². The van der Waals surface area contributed by atoms with Gasteiger partial charge in [0.25, 0.3) is 0 Å². The van der Waals surface area contributed by atoms with Gasteiger partial charge in [-0.3, -0.25) is 0 Å². The van der Waals surface area contributed by atoms with Crippen molar-refractivity contribution in [1.82, 2.24) is 0 Å². The van der Waals surface area contributed by atoms with Gasteiger partial charge in [-0.1, -0.05) is 118 Å². The molecule has 17 heteroatoms. The van der Waals surface area contributed by atoms with Crippen LogP contribution in [0.2, 0.25) is 5.02 Å². The van der Waals surface area contributed by atoms with Crippen LogP contribution in [-0.2, 0) is 0 Å². The second-order valence-corrected chi connectivity index (χ2v) is 20.0. The summed E-state index contributed by atoms with van der Waals surface area (Å²) in [5, 5.41) is 0.472. The molecule has 0 amide bonds. The van der Waals surface area contributed by atoms with E-state index in [-0.39, 0.29) is 54.6 Å². The number of para-hydroxylation sites is 4. The maximum absolute atomic E-state index is 8.07. The average Bonchev–Trinajstić information content (AvgIpc) is 3.39. The predicted octanol–water partition coefficient (Wildman–Crippen LogP) is 5.39. The normalized spacial score (nSPS) is 12.9. The van der Waals surface area contributed by atoms with Crippen LogP contribution < -0.4 is 74.2 Å². The number of hydrogen-bond donors (Lipinski definition) is 0. The second-order valence-electron chi connectivity index (χ2n) is 17.4. The molecule has 0 atom stereocenters. The maximum Gasteiger partial charge on any atom is 0.115 e. The summed E-state index contributed by atoms with van der Waals surface area (Å²) < 4.78 is 0. The molecule has 4 bridgehead atoms. The van der Waals surface area contributed by atoms with Crippen molar-refractivity contribution in [1.29, 1.82) is 0 Å². The third-order valence-corrected chi connectivity index (χ3v) is 15.7. The van der Waals surface area contributed by atoms with E-state index in [9.17, 15) is 0 Å². The Hall–Kier alpha value is -6.18. The smallest absolute Gasteiger partial charge is 0.115 e. The molecule has 0 saturated heterocycles. The predicted molar refractivity (Wildman–Crippen MR) is 317 cm³/mol. The van der Waals surface area contributed by atoms with E-state index in [1.54, 1.807) is 23.5 Å². The molecule has 2 aliphatic rings. The van der Waals surface area contributed by atoms with E-state index in [1.807, 2.05) is 107 Å². The fourth-order valence-electron chi connectivity index (χ4n) is 9.49. The first-order valence-corrected chi connectivity index (χ1v) is 24.7. The van der Waals surface area contributed by atoms with Crippen molar-refractivity contribution < 1.29 is 0 Å². The lowest BCUT2D eigenvalue weighted by Crippen LogP contribution is -2.56. The van der Waals surface area contributed by atoms with Crippen LogP contribution in [0.5, 0.6) is 0 Å². The van der Waals surface area contributed by atoms with Crippen molar-refractivity contribution in [3.05, 3.63) is 168 Å². The molecule has 72 heavy (non-hydrogen) atoms. The van der Waals surface area contributed by atoms with Crippen molar-refractivity contribution in [3.63, 3.8) is 0 Å². The fourth-order valence-corrected chi connectivity index (χ4v) is 11.9. The van der Waals surface area contributed by atoms with Crippen molar-refractivity contribution in [2.75, 3.05) is 19.6 Å². The Morgan fingerprint density at radius 3 is 0.889 bits per heavy atom. The van der Waals surface area contributed by atoms with E-state index in [1.165, 1.54) is 0 Å². The van der Waals surface area contributed by atoms with Crippen LogP contribution in [0, 0.1) is 6.92 Å². The summed E-state index contributed by atoms with van der Waals surface area (Å²) in [6.45, 7) is 2.07. The molecule has 2 aliphatic heterocycles. The van der Waals surface area contributed by atoms with Crippen molar-refractivity contribution in [3.8, 4) is 0 Å². The van der Waals surface area contributed by atoms with Gasteiger partial charge in [-0.25, -0.2) is 0 Å². The van der Waals surface area contributed by atoms with Crippen LogP contribution in [0.3, 0.4) is 0 Å². The van der Waals surface area contributed by atoms with E-state index in [2.05, 4.69) is 77.4 Å². The number of nitrogens with zero attached hydrogens (tertiary/aromatic N) is 4. The monoisotopic (exact) mass is 954 g/mol. The first-order chi connectivity index (χ1) is 34.7. The topological polar surface area (TPSA) is 13.0 Å². The van der Waals surface area contributed by atoms with Gasteiger partial charge in [0.05, 0.1) is 39.1 Å². The van der Waals surface area contributed by atoms with Crippen LogP contribution in [0.1, 0.15) is 5.56 Å². The lowest BCUT2D eigenvalue weighted by molar-refractivity contribution is 1.17. The molecule has 318 valence electrons. The minimum atomic E-state index is 0.129. The number of benzene rings is 9. The van der Waals surface area contributed by atoms with Crippen molar-refractivity contribution in [2.24, 2.45) is 0 Å². The molecule has 4 nitrogen and oxygen atoms in total. The Bertz CT molecular complexity index is 3420. The molecule has 11 rings (SSSR count). The third kappa shape index (κ3) is 7.96. The molecule has 0 spiro atoms. The number of aryl methyl sites for hydroxylation is 1. The number of fused-ring (bicyclic) bond motifs is 8. The molecule has 0 fully saturated rings. The van der Waals surface area contributed by atoms with Gasteiger partial charge in [0.15, 0.2) is 0 Å². The summed E-state index contributed by atoms with van der Waals surface area (Å²) >= 11 is 11.3. The van der Waals surface area contributed by atoms with Crippen LogP contribution in [0.4, 0.5) is 68.2 Å². The number of hydrogen-bond acceptors (Lipinski definition) is 6. The largest absolute Gasteiger partial charge is 0.311 e. The SMILES string of the molecule is [B]c1c([B])c([B])c(N2c3cccc(c3)N(c3cc(C)cc(N4c5cccc(c5)N(c5c([B])c([B])c([B])c([B])c5[B])c5ccccc5Sc5ccccc54)c3Cl)c3ccccc3Sc3ccccc32)c([B])c1[B]. The van der Waals surface area contributed by atoms with E-state index in [0.717, 1.165) is 82.0 Å². The Morgan fingerprint density at radius 1 is 0.306 bits per heavy atom. The lowest BCUT2D eigenvalue weighted by Gasteiger charge is -2.37. The molecule has 0 aromatic heterocycles. The summed E-state index contributed by atoms with van der Waals surface area (Å²) in [5.41, 5.74) is 11.3. The van der Waals surface area contributed by atoms with Crippen LogP contribution in [0.15, 0.2) is 177 Å². The quantitative estimate of drug-likeness (QED) is 0.218. The lowest BCUT2D eigenvalue weighted by atomic mass is 9.61. The summed E-state index contributed by atoms with van der Waals surface area (Å²) in [4.78, 5) is 12.1. The highest BCUT2D eigenvalue weighted by atomic mass is 35.5. The maximum atomic E-state index is 8.07. The third-order valence-electron chi connectivity index (χ3n) is 13.0. The summed E-state index contributed by atoms with van der Waals surface area (Å²) in [6, 6.07) is 53.0. The van der Waals surface area contributed by atoms with Crippen LogP contribution >= 0.6 is 35.1 Å². The van der Waals surface area contributed by atoms with Gasteiger partial charge in [-0.15, -0.1) is 32.8 Å². The molecular formula is C55H29B10ClN4S2. The van der Waals surface area contributed by atoms with Crippen LogP contribution in [-0.4, -0.2) is 78.5 Å². The molecule has 2 heterocycles. The molecule has 9 aromatic carbocycles. The zero-order valence-corrected chi connectivity index (χ0v) is 41.2. The van der Waals surface area contributed by atoms with Gasteiger partial charge in [-0.2, -0.15) is 0 Å². The Labute approximate surface area is 447 Å². The summed E-state index contributed by atoms with van der Waals surface area (Å²) in [6.07, 6.45) is 0. The molecule has 0 aliphatic carbocycles. The molecular weight excluding hydrogens is 924 g/mol. The highest BCUT2D eigenvalue weighted by Crippen LogP contribution is 2.55. The van der Waals surface area contributed by atoms with Gasteiger partial charge in [0, 0.05) is 53.7 Å². The average molecular weight is 954 g/mol. The highest BCUT2D eigenvalue weighted by molar-refractivity contribution is 8.00. The first-order valence-electron chi connectivity index (χ1n) is 22.7. The van der Waals surface area contributed by atoms with Gasteiger partial charge in [-0.05, 0) is 110 Å². The second kappa shape index (κ2) is 19.0. The molecule has 0 unspecified atom stereocenters. The zero-order valence-electron chi connectivity index (χ0n) is 38.8. The number of halogens is 1. The molecule has 0 N–H and O–H groups in total. The summed E-state index contributed by atoms with van der Waals surface area (Å²) in [5.74, 6) is 0. The standard InChI is InChI=1S/C55H29B10ClN4S2/c1-28-24-37(67-29-12-10-14-31(26-29)69(54-49(62)45(58)43(56)46(59)50(54)63)35-18-4-8-22-41(35)71-39-20-6-2-16-33(39)67)53(66)38(25-28)68-30-13-11-15-32(27-30)70(55-51(64)47(60)44(57)48(61)52(55)65)36-19-5-9-23-42(36)72-40-21-7-3-17-34(40)68/h2-27H,1H3. The van der Waals surface area contributed by atoms with Crippen molar-refractivity contribution >= 4 is 236 Å². The Morgan fingerprint density at radius 2 is 0.569 bits per heavy atom. The van der Waals surface area contributed by atoms with Crippen LogP contribution in [0.25, 0.3) is 0 Å². The van der Waals surface area contributed by atoms with Gasteiger partial charge < -0.3 is 19.6 Å². The minimum Gasteiger partial charge on any atom is -0.311 e. The van der Waals surface area contributed by atoms with Gasteiger partial charge in [0.2, 0.25) is 0 Å². The highest BCUT2D eigenvalue weighted by Gasteiger charge is 2.31. The van der Waals surface area contributed by atoms with E-state index in [0.29, 0.717) is 16.4 Å². The fraction of sp³-hybridized carbons (Fsp3) is 0.0182. The van der Waals surface area contributed by atoms with Crippen molar-refractivity contribution in [2.45, 2.75) is 26.5 Å². The van der Waals surface area contributed by atoms with Gasteiger partial charge in [0.1, 0.15) is 78.5 Å². The van der Waals surface area contributed by atoms with E-state index in [4.69, 9.17) is 90.1 Å². The van der Waals surface area contributed by atoms with E-state index >= 15 is 0 Å².